The number of carbonyl (C=O) groups excluding carboxylic acids is 1. The number of hydrogen-bond acceptors (Lipinski definition) is 6. The highest BCUT2D eigenvalue weighted by Crippen LogP contribution is 2.68. The average Bonchev–Trinajstić information content (AvgIpc) is 3.11. The van der Waals surface area contributed by atoms with E-state index in [9.17, 15) is 17.6 Å². The monoisotopic (exact) mass is 446 g/mol. The third kappa shape index (κ3) is 2.42. The standard InChI is InChI=1S/C21H19FN2O4S2/c1-30(26,27)21(6-7-21)16-5-4-14(28-16)17(25)24-20-9-19(10-20,11-20)18-23-13-3-2-12(22)8-15(13)29-18/h2-5,8H,6-7,9-11H2,1H3,(H,24,25). The summed E-state index contributed by atoms with van der Waals surface area (Å²) in [6, 6.07) is 7.79. The number of halogens is 1. The number of amides is 1. The molecule has 4 saturated carbocycles. The molecule has 0 saturated heterocycles. The molecule has 30 heavy (non-hydrogen) atoms. The van der Waals surface area contributed by atoms with Crippen LogP contribution in [0.15, 0.2) is 34.7 Å². The average molecular weight is 447 g/mol. The van der Waals surface area contributed by atoms with Crippen LogP contribution in [0.5, 0.6) is 0 Å². The Hall–Kier alpha value is -2.26. The fraction of sp³-hybridized carbons (Fsp3) is 0.429. The maximum absolute atomic E-state index is 13.4. The number of furan rings is 1. The summed E-state index contributed by atoms with van der Waals surface area (Å²) in [7, 11) is -3.28. The van der Waals surface area contributed by atoms with Crippen LogP contribution in [0.3, 0.4) is 0 Å². The van der Waals surface area contributed by atoms with E-state index in [1.54, 1.807) is 18.2 Å². The van der Waals surface area contributed by atoms with Crippen LogP contribution in [0, 0.1) is 5.82 Å². The van der Waals surface area contributed by atoms with Gasteiger partial charge in [0, 0.05) is 17.2 Å². The molecular weight excluding hydrogens is 427 g/mol. The van der Waals surface area contributed by atoms with Crippen molar-refractivity contribution in [3.05, 3.63) is 52.7 Å². The highest BCUT2D eigenvalue weighted by Gasteiger charge is 2.70. The molecule has 1 N–H and O–H groups in total. The molecule has 6 nitrogen and oxygen atoms in total. The number of hydrogen-bond donors (Lipinski definition) is 1. The predicted octanol–water partition coefficient (Wildman–Crippen LogP) is 3.67. The van der Waals surface area contributed by atoms with Gasteiger partial charge in [-0.1, -0.05) is 0 Å². The molecule has 0 atom stereocenters. The number of fused-ring (bicyclic) bond motifs is 1. The van der Waals surface area contributed by atoms with Crippen molar-refractivity contribution in [2.75, 3.05) is 6.26 Å². The predicted molar refractivity (Wildman–Crippen MR) is 110 cm³/mol. The van der Waals surface area contributed by atoms with Gasteiger partial charge in [-0.15, -0.1) is 11.3 Å². The van der Waals surface area contributed by atoms with E-state index in [4.69, 9.17) is 4.42 Å². The SMILES string of the molecule is CS(=O)(=O)C1(c2ccc(C(=O)NC34CC(c5nc6ccc(F)cc6s5)(C3)C4)o2)CC1. The molecule has 1 amide bonds. The molecule has 3 aromatic rings. The Bertz CT molecular complexity index is 1320. The number of rotatable bonds is 5. The Balaban J connectivity index is 1.16. The molecule has 0 aliphatic heterocycles. The second-order valence-electron chi connectivity index (χ2n) is 9.11. The Morgan fingerprint density at radius 1 is 1.20 bits per heavy atom. The first-order valence-electron chi connectivity index (χ1n) is 9.83. The first-order chi connectivity index (χ1) is 14.1. The molecule has 2 aromatic heterocycles. The van der Waals surface area contributed by atoms with Crippen molar-refractivity contribution >= 4 is 37.3 Å². The maximum atomic E-state index is 13.4. The molecule has 9 heteroatoms. The summed E-state index contributed by atoms with van der Waals surface area (Å²) >= 11 is 1.52. The topological polar surface area (TPSA) is 89.3 Å². The van der Waals surface area contributed by atoms with E-state index in [2.05, 4.69) is 10.3 Å². The lowest BCUT2D eigenvalue weighted by atomic mass is 9.39. The number of nitrogens with zero attached hydrogens (tertiary/aromatic N) is 1. The fourth-order valence-corrected chi connectivity index (χ4v) is 7.69. The van der Waals surface area contributed by atoms with E-state index in [0.717, 1.165) is 34.5 Å². The zero-order valence-corrected chi connectivity index (χ0v) is 17.8. The first kappa shape index (κ1) is 18.5. The summed E-state index contributed by atoms with van der Waals surface area (Å²) in [6.45, 7) is 0. The normalized spacial score (nSPS) is 28.6. The molecule has 4 aliphatic rings. The van der Waals surface area contributed by atoms with E-state index >= 15 is 0 Å². The second-order valence-corrected chi connectivity index (χ2v) is 12.5. The quantitative estimate of drug-likeness (QED) is 0.646. The summed E-state index contributed by atoms with van der Waals surface area (Å²) in [5.74, 6) is -0.0778. The lowest BCUT2D eigenvalue weighted by molar-refractivity contribution is -0.0811. The van der Waals surface area contributed by atoms with Crippen LogP contribution >= 0.6 is 11.3 Å². The molecule has 0 unspecified atom stereocenters. The number of nitrogens with one attached hydrogen (secondary N) is 1. The third-order valence-corrected chi connectivity index (χ3v) is 10.2. The highest BCUT2D eigenvalue weighted by atomic mass is 32.2. The summed E-state index contributed by atoms with van der Waals surface area (Å²) in [4.78, 5) is 17.4. The van der Waals surface area contributed by atoms with Gasteiger partial charge < -0.3 is 9.73 Å². The van der Waals surface area contributed by atoms with Crippen LogP contribution in [0.4, 0.5) is 4.39 Å². The minimum Gasteiger partial charge on any atom is -0.454 e. The first-order valence-corrected chi connectivity index (χ1v) is 12.5. The van der Waals surface area contributed by atoms with Crippen LogP contribution in [-0.4, -0.2) is 31.1 Å². The molecule has 2 heterocycles. The Morgan fingerprint density at radius 2 is 1.93 bits per heavy atom. The molecule has 7 rings (SSSR count). The minimum absolute atomic E-state index is 0.0316. The van der Waals surface area contributed by atoms with E-state index in [1.807, 2.05) is 0 Å². The van der Waals surface area contributed by atoms with Gasteiger partial charge in [-0.05, 0) is 62.4 Å². The van der Waals surface area contributed by atoms with Crippen molar-refractivity contribution < 1.29 is 22.0 Å². The summed E-state index contributed by atoms with van der Waals surface area (Å²) in [6.07, 6.45) is 4.66. The number of carbonyl (C=O) groups is 1. The molecule has 1 aromatic carbocycles. The maximum Gasteiger partial charge on any atom is 0.287 e. The van der Waals surface area contributed by atoms with Crippen molar-refractivity contribution in [3.8, 4) is 0 Å². The van der Waals surface area contributed by atoms with Gasteiger partial charge in [0.1, 0.15) is 21.3 Å². The van der Waals surface area contributed by atoms with Gasteiger partial charge in [-0.3, -0.25) is 4.79 Å². The molecule has 4 aliphatic carbocycles. The Kier molecular flexibility index (Phi) is 3.39. The van der Waals surface area contributed by atoms with E-state index in [1.165, 1.54) is 29.7 Å². The number of benzene rings is 1. The van der Waals surface area contributed by atoms with Gasteiger partial charge in [0.05, 0.1) is 10.2 Å². The largest absolute Gasteiger partial charge is 0.454 e. The molecule has 4 fully saturated rings. The van der Waals surface area contributed by atoms with E-state index in [0.29, 0.717) is 18.6 Å². The lowest BCUT2D eigenvalue weighted by Crippen LogP contribution is -2.76. The molecule has 2 bridgehead atoms. The van der Waals surface area contributed by atoms with Crippen molar-refractivity contribution in [1.82, 2.24) is 10.3 Å². The lowest BCUT2D eigenvalue weighted by Gasteiger charge is -2.69. The van der Waals surface area contributed by atoms with Crippen molar-refractivity contribution in [2.24, 2.45) is 0 Å². The zero-order chi connectivity index (χ0) is 20.9. The minimum atomic E-state index is -3.28. The number of thiazole rings is 1. The van der Waals surface area contributed by atoms with Gasteiger partial charge in [-0.2, -0.15) is 0 Å². The highest BCUT2D eigenvalue weighted by molar-refractivity contribution is 7.91. The van der Waals surface area contributed by atoms with Crippen LogP contribution < -0.4 is 5.32 Å². The van der Waals surface area contributed by atoms with Gasteiger partial charge >= 0.3 is 0 Å². The van der Waals surface area contributed by atoms with E-state index in [-0.39, 0.29) is 28.4 Å². The molecular formula is C21H19FN2O4S2. The van der Waals surface area contributed by atoms with Crippen LogP contribution in [-0.2, 0) is 20.0 Å². The van der Waals surface area contributed by atoms with Crippen molar-refractivity contribution in [1.29, 1.82) is 0 Å². The van der Waals surface area contributed by atoms with Gasteiger partial charge in [0.25, 0.3) is 5.91 Å². The third-order valence-electron chi connectivity index (χ3n) is 6.91. The van der Waals surface area contributed by atoms with Crippen molar-refractivity contribution in [2.45, 2.75) is 47.8 Å². The molecule has 0 spiro atoms. The Morgan fingerprint density at radius 3 is 2.60 bits per heavy atom. The van der Waals surface area contributed by atoms with Crippen LogP contribution in [0.25, 0.3) is 10.2 Å². The summed E-state index contributed by atoms with van der Waals surface area (Å²) in [5.41, 5.74) is 0.513. The van der Waals surface area contributed by atoms with Crippen LogP contribution in [0.2, 0.25) is 0 Å². The number of aromatic nitrogens is 1. The van der Waals surface area contributed by atoms with Gasteiger partial charge in [0.2, 0.25) is 0 Å². The zero-order valence-electron chi connectivity index (χ0n) is 16.2. The fourth-order valence-electron chi connectivity index (χ4n) is 5.19. The molecule has 156 valence electrons. The molecule has 0 radical (unpaired) electrons. The van der Waals surface area contributed by atoms with Crippen LogP contribution in [0.1, 0.15) is 53.4 Å². The number of sulfone groups is 1. The Labute approximate surface area is 176 Å². The smallest absolute Gasteiger partial charge is 0.287 e. The summed E-state index contributed by atoms with van der Waals surface area (Å²) < 4.78 is 43.1. The van der Waals surface area contributed by atoms with Gasteiger partial charge in [-0.25, -0.2) is 17.8 Å². The van der Waals surface area contributed by atoms with Gasteiger partial charge in [0.15, 0.2) is 15.6 Å². The van der Waals surface area contributed by atoms with Crippen molar-refractivity contribution in [3.63, 3.8) is 0 Å². The summed E-state index contributed by atoms with van der Waals surface area (Å²) in [5, 5.41) is 4.07. The van der Waals surface area contributed by atoms with E-state index < -0.39 is 14.6 Å². The second kappa shape index (κ2) is 5.50.